The standard InChI is InChI=1S/C10H6ClO2P/c11-7-5-4-6-2-1-3-8-9(6)10(7)13-14-12-8/h1-5,14H. The Kier molecular flexibility index (Phi) is 1.79. The molecule has 1 unspecified atom stereocenters. The van der Waals surface area contributed by atoms with Crippen LogP contribution in [0.3, 0.4) is 0 Å². The third-order valence-electron chi connectivity index (χ3n) is 2.21. The van der Waals surface area contributed by atoms with Gasteiger partial charge >= 0.3 is 0 Å². The predicted octanol–water partition coefficient (Wildman–Crippen LogP) is 3.77. The van der Waals surface area contributed by atoms with Gasteiger partial charge in [-0.05, 0) is 17.5 Å². The molecular formula is C10H6ClO2P. The predicted molar refractivity (Wildman–Crippen MR) is 58.5 cm³/mol. The van der Waals surface area contributed by atoms with Crippen LogP contribution in [0.25, 0.3) is 10.8 Å². The van der Waals surface area contributed by atoms with Crippen molar-refractivity contribution >= 4 is 31.4 Å². The fourth-order valence-electron chi connectivity index (χ4n) is 1.58. The summed E-state index contributed by atoms with van der Waals surface area (Å²) in [6.07, 6.45) is 0. The van der Waals surface area contributed by atoms with Crippen LogP contribution in [0.4, 0.5) is 0 Å². The van der Waals surface area contributed by atoms with Crippen molar-refractivity contribution in [3.05, 3.63) is 35.4 Å². The Morgan fingerprint density at radius 1 is 1.07 bits per heavy atom. The van der Waals surface area contributed by atoms with Gasteiger partial charge < -0.3 is 9.05 Å². The summed E-state index contributed by atoms with van der Waals surface area (Å²) in [7, 11) is -0.00415. The molecule has 0 saturated carbocycles. The molecule has 0 fully saturated rings. The second-order valence-electron chi connectivity index (χ2n) is 3.02. The normalized spacial score (nSPS) is 15.2. The van der Waals surface area contributed by atoms with Crippen molar-refractivity contribution < 1.29 is 9.05 Å². The Bertz CT molecular complexity index is 513. The maximum absolute atomic E-state index is 6.03. The van der Waals surface area contributed by atoms with Crippen LogP contribution in [0.1, 0.15) is 0 Å². The van der Waals surface area contributed by atoms with Gasteiger partial charge in [0.1, 0.15) is 5.75 Å². The van der Waals surface area contributed by atoms with Crippen LogP contribution in [0.15, 0.2) is 30.3 Å². The smallest absolute Gasteiger partial charge is 0.275 e. The fourth-order valence-corrected chi connectivity index (χ4v) is 2.44. The van der Waals surface area contributed by atoms with Crippen LogP contribution < -0.4 is 9.05 Å². The van der Waals surface area contributed by atoms with E-state index >= 15 is 0 Å². The summed E-state index contributed by atoms with van der Waals surface area (Å²) in [6, 6.07) is 9.72. The monoisotopic (exact) mass is 224 g/mol. The first kappa shape index (κ1) is 8.34. The Morgan fingerprint density at radius 2 is 2.00 bits per heavy atom. The first-order valence-electron chi connectivity index (χ1n) is 4.16. The van der Waals surface area contributed by atoms with Crippen molar-refractivity contribution in [1.29, 1.82) is 0 Å². The summed E-state index contributed by atoms with van der Waals surface area (Å²) >= 11 is 6.03. The number of benzene rings is 2. The molecule has 1 atom stereocenters. The van der Waals surface area contributed by atoms with Crippen molar-refractivity contribution in [2.75, 3.05) is 0 Å². The number of hydrogen-bond donors (Lipinski definition) is 0. The van der Waals surface area contributed by atoms with E-state index < -0.39 is 0 Å². The summed E-state index contributed by atoms with van der Waals surface area (Å²) in [5.74, 6) is 1.59. The molecule has 0 radical (unpaired) electrons. The molecule has 1 aliphatic heterocycles. The molecule has 0 aromatic heterocycles. The highest BCUT2D eigenvalue weighted by Gasteiger charge is 2.17. The zero-order valence-electron chi connectivity index (χ0n) is 7.08. The van der Waals surface area contributed by atoms with E-state index in [2.05, 4.69) is 0 Å². The summed E-state index contributed by atoms with van der Waals surface area (Å²) in [6.45, 7) is 0. The lowest BCUT2D eigenvalue weighted by Crippen LogP contribution is -1.94. The van der Waals surface area contributed by atoms with Gasteiger partial charge in [-0.1, -0.05) is 29.8 Å². The van der Waals surface area contributed by atoms with E-state index in [0.717, 1.165) is 22.3 Å². The first-order chi connectivity index (χ1) is 6.86. The van der Waals surface area contributed by atoms with Gasteiger partial charge in [-0.2, -0.15) is 0 Å². The van der Waals surface area contributed by atoms with Crippen LogP contribution in [0.5, 0.6) is 11.5 Å². The summed E-state index contributed by atoms with van der Waals surface area (Å²) < 4.78 is 10.8. The molecule has 3 rings (SSSR count). The van der Waals surface area contributed by atoms with Crippen molar-refractivity contribution in [2.24, 2.45) is 0 Å². The molecule has 2 aromatic rings. The van der Waals surface area contributed by atoms with E-state index in [0.29, 0.717) is 5.02 Å². The van der Waals surface area contributed by atoms with Crippen LogP contribution in [0.2, 0.25) is 5.02 Å². The molecule has 4 heteroatoms. The maximum atomic E-state index is 6.03. The van der Waals surface area contributed by atoms with E-state index in [4.69, 9.17) is 20.6 Å². The lowest BCUT2D eigenvalue weighted by atomic mass is 10.1. The third kappa shape index (κ3) is 1.08. The topological polar surface area (TPSA) is 18.5 Å². The van der Waals surface area contributed by atoms with E-state index in [1.54, 1.807) is 0 Å². The Balaban J connectivity index is 2.50. The minimum atomic E-state index is -0.00415. The molecule has 0 aliphatic carbocycles. The van der Waals surface area contributed by atoms with Crippen molar-refractivity contribution in [3.8, 4) is 11.5 Å². The minimum absolute atomic E-state index is 0.00415. The highest BCUT2D eigenvalue weighted by molar-refractivity contribution is 7.27. The van der Waals surface area contributed by atoms with Gasteiger partial charge in [-0.25, -0.2) is 0 Å². The molecule has 0 bridgehead atoms. The van der Waals surface area contributed by atoms with Gasteiger partial charge in [-0.15, -0.1) is 0 Å². The minimum Gasteiger partial charge on any atom is -0.440 e. The lowest BCUT2D eigenvalue weighted by Gasteiger charge is -2.18. The van der Waals surface area contributed by atoms with Crippen molar-refractivity contribution in [3.63, 3.8) is 0 Å². The lowest BCUT2D eigenvalue weighted by molar-refractivity contribution is 0.504. The highest BCUT2D eigenvalue weighted by atomic mass is 35.5. The van der Waals surface area contributed by atoms with E-state index in [9.17, 15) is 0 Å². The molecular weight excluding hydrogens is 219 g/mol. The number of rotatable bonds is 0. The van der Waals surface area contributed by atoms with Gasteiger partial charge in [0.2, 0.25) is 0 Å². The molecule has 2 aromatic carbocycles. The second-order valence-corrected chi connectivity index (χ2v) is 4.00. The average Bonchev–Trinajstić information content (AvgIpc) is 2.24. The second kappa shape index (κ2) is 3.01. The first-order valence-corrected chi connectivity index (χ1v) is 5.35. The van der Waals surface area contributed by atoms with Crippen LogP contribution in [0, 0.1) is 0 Å². The number of hydrogen-bond acceptors (Lipinski definition) is 2. The van der Waals surface area contributed by atoms with E-state index in [1.807, 2.05) is 30.3 Å². The highest BCUT2D eigenvalue weighted by Crippen LogP contribution is 2.46. The Morgan fingerprint density at radius 3 is 2.93 bits per heavy atom. The Hall–Kier alpha value is -0.980. The quantitative estimate of drug-likeness (QED) is 0.634. The van der Waals surface area contributed by atoms with Crippen LogP contribution in [-0.4, -0.2) is 0 Å². The largest absolute Gasteiger partial charge is 0.440 e. The molecule has 0 saturated heterocycles. The molecule has 1 heterocycles. The third-order valence-corrected chi connectivity index (χ3v) is 3.10. The van der Waals surface area contributed by atoms with Gasteiger partial charge in [0, 0.05) is 0 Å². The van der Waals surface area contributed by atoms with Crippen LogP contribution in [-0.2, 0) is 0 Å². The fraction of sp³-hybridized carbons (Fsp3) is 0. The van der Waals surface area contributed by atoms with E-state index in [-0.39, 0.29) is 9.03 Å². The zero-order valence-corrected chi connectivity index (χ0v) is 8.84. The molecule has 70 valence electrons. The number of halogens is 1. The Labute approximate surface area is 87.7 Å². The summed E-state index contributed by atoms with van der Waals surface area (Å²) in [5, 5.41) is 2.70. The average molecular weight is 225 g/mol. The molecule has 0 amide bonds. The summed E-state index contributed by atoms with van der Waals surface area (Å²) in [5.41, 5.74) is 0. The SMILES string of the molecule is Clc1ccc2cccc3c2c1OPO3. The van der Waals surface area contributed by atoms with Crippen LogP contribution >= 0.6 is 20.6 Å². The molecule has 14 heavy (non-hydrogen) atoms. The summed E-state index contributed by atoms with van der Waals surface area (Å²) in [4.78, 5) is 0. The molecule has 1 aliphatic rings. The van der Waals surface area contributed by atoms with Crippen molar-refractivity contribution in [1.82, 2.24) is 0 Å². The van der Waals surface area contributed by atoms with Gasteiger partial charge in [0.05, 0.1) is 10.4 Å². The molecule has 0 N–H and O–H groups in total. The molecule has 2 nitrogen and oxygen atoms in total. The van der Waals surface area contributed by atoms with Crippen molar-refractivity contribution in [2.45, 2.75) is 0 Å². The molecule has 0 spiro atoms. The zero-order chi connectivity index (χ0) is 9.54. The maximum Gasteiger partial charge on any atom is 0.275 e. The van der Waals surface area contributed by atoms with Gasteiger partial charge in [0.25, 0.3) is 9.03 Å². The van der Waals surface area contributed by atoms with Gasteiger partial charge in [-0.3, -0.25) is 0 Å². The van der Waals surface area contributed by atoms with E-state index in [1.165, 1.54) is 0 Å². The van der Waals surface area contributed by atoms with Gasteiger partial charge in [0.15, 0.2) is 5.75 Å².